The second-order valence-corrected chi connectivity index (χ2v) is 12.6. The van der Waals surface area contributed by atoms with E-state index in [0.717, 1.165) is 28.9 Å². The SMILES string of the molecule is COCCc1ncnc2c1ncn2[C@H](OC)C(O)(CO[P+](=O)O)OP(=O)(O)[C@@H]1[C@H](O)[C@@H](CO)O[C@H]1n1cnc2c(=O)[nH]c(N)nc21. The highest BCUT2D eigenvalue weighted by Crippen LogP contribution is 2.60. The molecule has 0 aliphatic carbocycles. The third kappa shape index (κ3) is 6.30. The molecule has 5 heterocycles. The number of methoxy groups -OCH3 is 2. The van der Waals surface area contributed by atoms with E-state index in [2.05, 4.69) is 29.9 Å². The molecule has 1 aliphatic heterocycles. The summed E-state index contributed by atoms with van der Waals surface area (Å²) in [6.45, 7) is -1.78. The number of nitrogens with two attached hydrogens (primary N) is 1. The monoisotopic (exact) mass is 690 g/mol. The summed E-state index contributed by atoms with van der Waals surface area (Å²) < 4.78 is 54.2. The van der Waals surface area contributed by atoms with Crippen LogP contribution in [0, 0.1) is 0 Å². The lowest BCUT2D eigenvalue weighted by Gasteiger charge is -2.37. The Morgan fingerprint density at radius 1 is 1.22 bits per heavy atom. The predicted octanol–water partition coefficient (Wildman–Crippen LogP) is -1.95. The zero-order chi connectivity index (χ0) is 33.4. The first kappa shape index (κ1) is 34.0. The van der Waals surface area contributed by atoms with Crippen molar-refractivity contribution in [2.24, 2.45) is 0 Å². The molecule has 0 saturated carbocycles. The summed E-state index contributed by atoms with van der Waals surface area (Å²) in [4.78, 5) is 55.9. The standard InChI is InChI=1S/C22H29N9O13P2/c1-40-4-3-10-12-16(25-7-24-10)31(9-26-12)20(41-2)22(35,6-42-45(36)37)44-46(38,39)15-14(33)11(5-32)43-19(15)30-8-27-13-17(30)28-21(23)29-18(13)34/h7-9,11,14-15,19-20,32-33,35H,3-6H2,1-2H3,(H4-,23,28,29,34,36,37,38,39)/p+1/t11-,14-,15-,19-,20-,22?/m1/s1. The van der Waals surface area contributed by atoms with Crippen LogP contribution in [-0.4, -0.2) is 122 Å². The number of nitrogens with one attached hydrogen (secondary N) is 1. The maximum atomic E-state index is 14.1. The second kappa shape index (κ2) is 13.4. The van der Waals surface area contributed by atoms with Gasteiger partial charge < -0.3 is 40.2 Å². The third-order valence-electron chi connectivity index (χ3n) is 7.13. The van der Waals surface area contributed by atoms with Gasteiger partial charge in [-0.1, -0.05) is 0 Å². The van der Waals surface area contributed by atoms with Gasteiger partial charge in [-0.25, -0.2) is 19.9 Å². The Morgan fingerprint density at radius 2 is 1.96 bits per heavy atom. The van der Waals surface area contributed by atoms with E-state index in [1.54, 1.807) is 0 Å². The van der Waals surface area contributed by atoms with Gasteiger partial charge in [-0.2, -0.15) is 4.98 Å². The van der Waals surface area contributed by atoms with Crippen LogP contribution in [-0.2, 0) is 38.8 Å². The molecule has 0 amide bonds. The fourth-order valence-electron chi connectivity index (χ4n) is 5.14. The Balaban J connectivity index is 1.58. The number of anilines is 1. The van der Waals surface area contributed by atoms with Gasteiger partial charge in [-0.3, -0.25) is 28.0 Å². The van der Waals surface area contributed by atoms with Gasteiger partial charge in [0.2, 0.25) is 11.7 Å². The van der Waals surface area contributed by atoms with Gasteiger partial charge >= 0.3 is 15.9 Å². The van der Waals surface area contributed by atoms with Gasteiger partial charge in [0.1, 0.15) is 29.7 Å². The maximum absolute atomic E-state index is 14.1. The molecule has 1 fully saturated rings. The maximum Gasteiger partial charge on any atom is 0.694 e. The van der Waals surface area contributed by atoms with Crippen LogP contribution in [0.2, 0.25) is 0 Å². The number of aliphatic hydroxyl groups excluding tert-OH is 2. The number of ether oxygens (including phenoxy) is 3. The Kier molecular flexibility index (Phi) is 9.89. The molecule has 8 N–H and O–H groups in total. The van der Waals surface area contributed by atoms with E-state index in [4.69, 9.17) is 29.0 Å². The number of H-pyrrole nitrogens is 1. The van der Waals surface area contributed by atoms with Gasteiger partial charge in [0.05, 0.1) is 31.6 Å². The van der Waals surface area contributed by atoms with E-state index in [9.17, 15) is 39.0 Å². The molecular weight excluding hydrogens is 660 g/mol. The largest absolute Gasteiger partial charge is 0.694 e. The minimum absolute atomic E-state index is 0.0670. The van der Waals surface area contributed by atoms with Crippen molar-refractivity contribution >= 4 is 44.1 Å². The zero-order valence-electron chi connectivity index (χ0n) is 24.1. The minimum Gasteiger partial charge on any atom is -0.394 e. The van der Waals surface area contributed by atoms with Crippen LogP contribution >= 0.6 is 15.9 Å². The molecule has 24 heteroatoms. The highest BCUT2D eigenvalue weighted by Gasteiger charge is 2.59. The highest BCUT2D eigenvalue weighted by atomic mass is 31.2. The number of imidazole rings is 2. The van der Waals surface area contributed by atoms with Gasteiger partial charge in [0.15, 0.2) is 35.9 Å². The Bertz CT molecular complexity index is 1840. The molecular formula is C22H30N9O13P2+. The van der Waals surface area contributed by atoms with Gasteiger partial charge in [-0.05, 0) is 0 Å². The number of nitrogens with zero attached hydrogens (tertiary/aromatic N) is 7. The van der Waals surface area contributed by atoms with Crippen LogP contribution < -0.4 is 11.3 Å². The van der Waals surface area contributed by atoms with Crippen molar-refractivity contribution < 1.29 is 57.5 Å². The highest BCUT2D eigenvalue weighted by molar-refractivity contribution is 7.53. The molecule has 4 aromatic rings. The van der Waals surface area contributed by atoms with Crippen molar-refractivity contribution in [2.45, 2.75) is 42.5 Å². The topological polar surface area (TPSA) is 315 Å². The lowest BCUT2D eigenvalue weighted by Crippen LogP contribution is -2.47. The van der Waals surface area contributed by atoms with Gasteiger partial charge in [0, 0.05) is 25.2 Å². The molecule has 0 radical (unpaired) electrons. The normalized spacial score (nSPS) is 23.8. The van der Waals surface area contributed by atoms with E-state index in [0.29, 0.717) is 12.1 Å². The number of aliphatic hydroxyl groups is 3. The quantitative estimate of drug-likeness (QED) is 0.0558. The summed E-state index contributed by atoms with van der Waals surface area (Å²) in [6, 6.07) is 0. The molecule has 250 valence electrons. The minimum atomic E-state index is -5.43. The number of rotatable bonds is 14. The Labute approximate surface area is 258 Å². The van der Waals surface area contributed by atoms with Crippen molar-refractivity contribution in [3.05, 3.63) is 35.0 Å². The molecule has 3 unspecified atom stereocenters. The molecule has 1 saturated heterocycles. The van der Waals surface area contributed by atoms with E-state index in [1.165, 1.54) is 13.4 Å². The predicted molar refractivity (Wildman–Crippen MR) is 152 cm³/mol. The first-order valence-electron chi connectivity index (χ1n) is 13.2. The molecule has 0 aromatic carbocycles. The van der Waals surface area contributed by atoms with Crippen LogP contribution in [0.25, 0.3) is 22.3 Å². The van der Waals surface area contributed by atoms with Crippen molar-refractivity contribution in [1.82, 2.24) is 39.0 Å². The first-order chi connectivity index (χ1) is 21.8. The summed E-state index contributed by atoms with van der Waals surface area (Å²) in [6.07, 6.45) is -3.21. The van der Waals surface area contributed by atoms with Gasteiger partial charge in [-0.15, -0.1) is 9.42 Å². The summed E-state index contributed by atoms with van der Waals surface area (Å²) in [5.74, 6) is -3.40. The van der Waals surface area contributed by atoms with E-state index < -0.39 is 70.7 Å². The molecule has 4 aromatic heterocycles. The second-order valence-electron chi connectivity index (χ2n) is 9.99. The average molecular weight is 690 g/mol. The van der Waals surface area contributed by atoms with Crippen LogP contribution in [0.15, 0.2) is 23.8 Å². The summed E-state index contributed by atoms with van der Waals surface area (Å²) in [5, 5.41) is 32.7. The van der Waals surface area contributed by atoms with E-state index in [-0.39, 0.29) is 34.9 Å². The Hall–Kier alpha value is -3.37. The summed E-state index contributed by atoms with van der Waals surface area (Å²) in [7, 11) is -6.24. The van der Waals surface area contributed by atoms with Crippen LogP contribution in [0.1, 0.15) is 18.1 Å². The number of fused-ring (bicyclic) bond motifs is 2. The number of hydrogen-bond acceptors (Lipinski definition) is 17. The van der Waals surface area contributed by atoms with Crippen molar-refractivity contribution in [3.8, 4) is 0 Å². The molecule has 0 spiro atoms. The molecule has 22 nitrogen and oxygen atoms in total. The van der Waals surface area contributed by atoms with Crippen LogP contribution in [0.4, 0.5) is 5.95 Å². The average Bonchev–Trinajstić information content (AvgIpc) is 3.71. The zero-order valence-corrected chi connectivity index (χ0v) is 25.8. The Morgan fingerprint density at radius 3 is 2.63 bits per heavy atom. The number of aromatic amines is 1. The van der Waals surface area contributed by atoms with Crippen LogP contribution in [0.3, 0.4) is 0 Å². The number of aromatic nitrogens is 8. The van der Waals surface area contributed by atoms with Crippen LogP contribution in [0.5, 0.6) is 0 Å². The lowest BCUT2D eigenvalue weighted by atomic mass is 10.2. The third-order valence-corrected chi connectivity index (χ3v) is 9.37. The summed E-state index contributed by atoms with van der Waals surface area (Å²) in [5.41, 5.74) is 3.26. The van der Waals surface area contributed by atoms with Gasteiger partial charge in [0.25, 0.3) is 5.56 Å². The fraction of sp³-hybridized carbons (Fsp3) is 0.545. The van der Waals surface area contributed by atoms with Crippen molar-refractivity contribution in [2.75, 3.05) is 39.8 Å². The fourth-order valence-corrected chi connectivity index (χ4v) is 7.27. The van der Waals surface area contributed by atoms with Crippen molar-refractivity contribution in [3.63, 3.8) is 0 Å². The number of nitrogen functional groups attached to an aromatic ring is 1. The molecule has 5 rings (SSSR count). The van der Waals surface area contributed by atoms with E-state index >= 15 is 0 Å². The molecule has 46 heavy (non-hydrogen) atoms. The lowest BCUT2D eigenvalue weighted by molar-refractivity contribution is -0.256. The molecule has 1 aliphatic rings. The molecule has 0 bridgehead atoms. The summed E-state index contributed by atoms with van der Waals surface area (Å²) >= 11 is 0. The van der Waals surface area contributed by atoms with E-state index in [1.807, 2.05) is 0 Å². The molecule has 8 atom stereocenters. The first-order valence-corrected chi connectivity index (χ1v) is 16.0. The number of hydrogen-bond donors (Lipinski definition) is 7. The smallest absolute Gasteiger partial charge is 0.394 e. The van der Waals surface area contributed by atoms with Crippen molar-refractivity contribution in [1.29, 1.82) is 0 Å².